The third-order valence-electron chi connectivity index (χ3n) is 7.29. The summed E-state index contributed by atoms with van der Waals surface area (Å²) in [7, 11) is 0. The standard InChI is InChI=1S/C29H33FN4/c1-2-29(30)15-13-25(14-16-29)32-20-24-22-34(27-8-7-17-31-28(24)27)21-23-9-11-26(12-10-23)33-18-5-3-4-6-19-33/h3,5-12,17-18,22,25,32H,2,13-16,19-21H2,1H3. The molecule has 0 unspecified atom stereocenters. The second-order valence-corrected chi connectivity index (χ2v) is 9.51. The summed E-state index contributed by atoms with van der Waals surface area (Å²) in [6.45, 7) is 4.34. The zero-order valence-corrected chi connectivity index (χ0v) is 19.9. The van der Waals surface area contributed by atoms with E-state index in [1.165, 1.54) is 16.8 Å². The molecule has 1 aliphatic heterocycles. The van der Waals surface area contributed by atoms with Crippen molar-refractivity contribution in [2.24, 2.45) is 0 Å². The molecular weight excluding hydrogens is 423 g/mol. The molecule has 1 saturated carbocycles. The van der Waals surface area contributed by atoms with E-state index in [1.54, 1.807) is 0 Å². The van der Waals surface area contributed by atoms with Crippen molar-refractivity contribution in [3.8, 4) is 0 Å². The zero-order valence-electron chi connectivity index (χ0n) is 19.9. The Labute approximate surface area is 201 Å². The number of nitrogens with one attached hydrogen (secondary N) is 1. The zero-order chi connectivity index (χ0) is 23.4. The molecule has 0 bridgehead atoms. The smallest absolute Gasteiger partial charge is 0.111 e. The first-order chi connectivity index (χ1) is 16.6. The Morgan fingerprint density at radius 1 is 1.18 bits per heavy atom. The molecule has 1 N–H and O–H groups in total. The summed E-state index contributed by atoms with van der Waals surface area (Å²) in [4.78, 5) is 6.89. The molecule has 2 aromatic heterocycles. The molecule has 1 aliphatic carbocycles. The number of hydrogen-bond donors (Lipinski definition) is 1. The fourth-order valence-corrected chi connectivity index (χ4v) is 5.07. The molecule has 0 saturated heterocycles. The van der Waals surface area contributed by atoms with Crippen LogP contribution in [-0.2, 0) is 13.1 Å². The Kier molecular flexibility index (Phi) is 6.66. The van der Waals surface area contributed by atoms with Gasteiger partial charge in [-0.15, -0.1) is 5.73 Å². The third kappa shape index (κ3) is 5.01. The average molecular weight is 457 g/mol. The number of pyridine rings is 1. The lowest BCUT2D eigenvalue weighted by molar-refractivity contribution is 0.0880. The number of rotatable bonds is 7. The van der Waals surface area contributed by atoms with E-state index in [-0.39, 0.29) is 0 Å². The molecule has 0 amide bonds. The molecule has 0 spiro atoms. The number of alkyl halides is 1. The van der Waals surface area contributed by atoms with Gasteiger partial charge >= 0.3 is 0 Å². The molecule has 2 aliphatic rings. The molecule has 34 heavy (non-hydrogen) atoms. The fourth-order valence-electron chi connectivity index (χ4n) is 5.07. The van der Waals surface area contributed by atoms with Gasteiger partial charge in [-0.2, -0.15) is 0 Å². The summed E-state index contributed by atoms with van der Waals surface area (Å²) in [5.41, 5.74) is 8.00. The third-order valence-corrected chi connectivity index (χ3v) is 7.29. The van der Waals surface area contributed by atoms with Gasteiger partial charge < -0.3 is 14.8 Å². The number of halogens is 1. The number of nitrogens with zero attached hydrogens (tertiary/aromatic N) is 3. The van der Waals surface area contributed by atoms with Crippen molar-refractivity contribution in [3.63, 3.8) is 0 Å². The lowest BCUT2D eigenvalue weighted by Crippen LogP contribution is -2.38. The minimum atomic E-state index is -0.956. The van der Waals surface area contributed by atoms with Crippen molar-refractivity contribution < 1.29 is 4.39 Å². The van der Waals surface area contributed by atoms with Crippen molar-refractivity contribution in [2.45, 2.75) is 63.8 Å². The van der Waals surface area contributed by atoms with E-state index >= 15 is 0 Å². The summed E-state index contributed by atoms with van der Waals surface area (Å²) in [5.74, 6) is 0. The van der Waals surface area contributed by atoms with Crippen LogP contribution in [0.4, 0.5) is 10.1 Å². The molecule has 1 fully saturated rings. The lowest BCUT2D eigenvalue weighted by atomic mass is 9.82. The van der Waals surface area contributed by atoms with Crippen molar-refractivity contribution in [1.82, 2.24) is 14.9 Å². The van der Waals surface area contributed by atoms with Gasteiger partial charge in [0, 0.05) is 55.5 Å². The van der Waals surface area contributed by atoms with E-state index in [1.807, 2.05) is 37.4 Å². The van der Waals surface area contributed by atoms with Gasteiger partial charge in [-0.05, 0) is 80.2 Å². The largest absolute Gasteiger partial charge is 0.344 e. The van der Waals surface area contributed by atoms with Crippen LogP contribution < -0.4 is 10.2 Å². The van der Waals surface area contributed by atoms with E-state index in [2.05, 4.69) is 68.2 Å². The predicted molar refractivity (Wildman–Crippen MR) is 138 cm³/mol. The topological polar surface area (TPSA) is 33.1 Å². The highest BCUT2D eigenvalue weighted by molar-refractivity contribution is 5.79. The summed E-state index contributed by atoms with van der Waals surface area (Å²) in [6, 6.07) is 13.3. The summed E-state index contributed by atoms with van der Waals surface area (Å²) in [6.07, 6.45) is 15.9. The van der Waals surface area contributed by atoms with Crippen LogP contribution >= 0.6 is 0 Å². The van der Waals surface area contributed by atoms with Gasteiger partial charge in [-0.1, -0.05) is 19.1 Å². The maximum atomic E-state index is 14.6. The van der Waals surface area contributed by atoms with Crippen LogP contribution in [0.2, 0.25) is 0 Å². The normalized spacial score (nSPS) is 22.4. The SMILES string of the molecule is CCC1(F)CCC(NCc2cn(Cc3ccc(N4C=CC=C=CC4)cc3)c3cccnc23)CC1. The Hall–Kier alpha value is -3.14. The molecular formula is C29H33FN4. The molecule has 5 heteroatoms. The van der Waals surface area contributed by atoms with Crippen molar-refractivity contribution >= 4 is 16.7 Å². The molecule has 1 aromatic carbocycles. The second-order valence-electron chi connectivity index (χ2n) is 9.51. The number of anilines is 1. The maximum absolute atomic E-state index is 14.6. The van der Waals surface area contributed by atoms with Crippen LogP contribution in [0.1, 0.15) is 50.2 Å². The molecule has 0 atom stereocenters. The number of benzene rings is 1. The van der Waals surface area contributed by atoms with Gasteiger partial charge in [-0.3, -0.25) is 4.98 Å². The minimum Gasteiger partial charge on any atom is -0.344 e. The lowest BCUT2D eigenvalue weighted by Gasteiger charge is -2.33. The quantitative estimate of drug-likeness (QED) is 0.425. The van der Waals surface area contributed by atoms with Crippen LogP contribution in [-0.4, -0.2) is 27.8 Å². The number of hydrogen-bond acceptors (Lipinski definition) is 3. The molecule has 0 radical (unpaired) electrons. The number of fused-ring (bicyclic) bond motifs is 1. The van der Waals surface area contributed by atoms with Crippen LogP contribution in [0.5, 0.6) is 0 Å². The second kappa shape index (κ2) is 10.0. The van der Waals surface area contributed by atoms with E-state index in [0.717, 1.165) is 43.5 Å². The fraction of sp³-hybridized carbons (Fsp3) is 0.379. The van der Waals surface area contributed by atoms with Crippen LogP contribution in [0.25, 0.3) is 11.0 Å². The van der Waals surface area contributed by atoms with Crippen LogP contribution in [0.15, 0.2) is 79.0 Å². The molecule has 176 valence electrons. The van der Waals surface area contributed by atoms with Gasteiger partial charge in [0.2, 0.25) is 0 Å². The average Bonchev–Trinajstić information content (AvgIpc) is 3.03. The first kappa shape index (κ1) is 22.6. The first-order valence-corrected chi connectivity index (χ1v) is 12.4. The molecule has 4 nitrogen and oxygen atoms in total. The Morgan fingerprint density at radius 3 is 2.79 bits per heavy atom. The first-order valence-electron chi connectivity index (χ1n) is 12.4. The van der Waals surface area contributed by atoms with Gasteiger partial charge in [0.15, 0.2) is 0 Å². The van der Waals surface area contributed by atoms with Crippen LogP contribution in [0.3, 0.4) is 0 Å². The van der Waals surface area contributed by atoms with Gasteiger partial charge in [0.1, 0.15) is 5.67 Å². The van der Waals surface area contributed by atoms with Crippen molar-refractivity contribution in [1.29, 1.82) is 0 Å². The predicted octanol–water partition coefficient (Wildman–Crippen LogP) is 6.28. The minimum absolute atomic E-state index is 0.378. The molecule has 3 heterocycles. The van der Waals surface area contributed by atoms with E-state index in [0.29, 0.717) is 25.3 Å². The summed E-state index contributed by atoms with van der Waals surface area (Å²) < 4.78 is 16.8. The maximum Gasteiger partial charge on any atom is 0.111 e. The summed E-state index contributed by atoms with van der Waals surface area (Å²) in [5, 5.41) is 3.68. The Morgan fingerprint density at radius 2 is 2.00 bits per heavy atom. The highest BCUT2D eigenvalue weighted by Gasteiger charge is 2.33. The molecule has 5 rings (SSSR count). The van der Waals surface area contributed by atoms with Crippen molar-refractivity contribution in [3.05, 3.63) is 90.1 Å². The van der Waals surface area contributed by atoms with Gasteiger partial charge in [0.05, 0.1) is 11.0 Å². The highest BCUT2D eigenvalue weighted by atomic mass is 19.1. The Bertz CT molecular complexity index is 1210. The summed E-state index contributed by atoms with van der Waals surface area (Å²) >= 11 is 0. The highest BCUT2D eigenvalue weighted by Crippen LogP contribution is 2.34. The van der Waals surface area contributed by atoms with Gasteiger partial charge in [-0.25, -0.2) is 4.39 Å². The van der Waals surface area contributed by atoms with Crippen molar-refractivity contribution in [2.75, 3.05) is 11.4 Å². The van der Waals surface area contributed by atoms with E-state index < -0.39 is 5.67 Å². The van der Waals surface area contributed by atoms with E-state index in [9.17, 15) is 4.39 Å². The van der Waals surface area contributed by atoms with Gasteiger partial charge in [0.25, 0.3) is 0 Å². The number of allylic oxidation sites excluding steroid dienone is 1. The Balaban J connectivity index is 1.28. The monoisotopic (exact) mass is 456 g/mol. The molecule has 3 aromatic rings. The van der Waals surface area contributed by atoms with E-state index in [4.69, 9.17) is 0 Å². The number of aromatic nitrogens is 2. The van der Waals surface area contributed by atoms with Crippen LogP contribution in [0, 0.1) is 0 Å².